The first kappa shape index (κ1) is 16.3. The number of aromatic carboxylic acids is 1. The van der Waals surface area contributed by atoms with E-state index in [1.807, 2.05) is 12.3 Å². The molecular weight excluding hydrogens is 328 g/mol. The number of fused-ring (bicyclic) bond motifs is 1. The van der Waals surface area contributed by atoms with Crippen molar-refractivity contribution >= 4 is 34.1 Å². The van der Waals surface area contributed by atoms with E-state index in [9.17, 15) is 14.7 Å². The molecule has 0 aliphatic carbocycles. The lowest BCUT2D eigenvalue weighted by Crippen LogP contribution is -2.02. The highest BCUT2D eigenvalue weighted by atomic mass is 32.1. The summed E-state index contributed by atoms with van der Waals surface area (Å²) in [4.78, 5) is 24.9. The predicted octanol–water partition coefficient (Wildman–Crippen LogP) is 4.30. The van der Waals surface area contributed by atoms with Gasteiger partial charge >= 0.3 is 5.97 Å². The largest absolute Gasteiger partial charge is 0.496 e. The Balaban J connectivity index is 2.39. The third kappa shape index (κ3) is 2.39. The topological polar surface area (TPSA) is 76.7 Å². The van der Waals surface area contributed by atoms with Crippen molar-refractivity contribution in [1.82, 2.24) is 0 Å². The Hall–Kier alpha value is -2.60. The standard InChI is InChI=1S/C18H16O5S/c1-4-10-8-11(14(19)12-6-5-7-24-12)17-13(16(10)22-3)9(2)15(23-17)18(20)21/h5-8H,4H2,1-3H3,(H,20,21). The van der Waals surface area contributed by atoms with Crippen molar-refractivity contribution in [2.75, 3.05) is 7.11 Å². The summed E-state index contributed by atoms with van der Waals surface area (Å²) in [5.74, 6) is -0.961. The molecule has 0 unspecified atom stereocenters. The van der Waals surface area contributed by atoms with E-state index in [0.717, 1.165) is 5.56 Å². The summed E-state index contributed by atoms with van der Waals surface area (Å²) in [5.41, 5.74) is 1.92. The van der Waals surface area contributed by atoms with E-state index in [0.29, 0.717) is 33.6 Å². The number of hydrogen-bond donors (Lipinski definition) is 1. The quantitative estimate of drug-likeness (QED) is 0.698. The zero-order chi connectivity index (χ0) is 17.4. The number of ether oxygens (including phenoxy) is 1. The second-order valence-corrected chi connectivity index (χ2v) is 6.29. The Labute approximate surface area is 142 Å². The van der Waals surface area contributed by atoms with Crippen LogP contribution in [0.1, 0.15) is 43.8 Å². The average Bonchev–Trinajstić information content (AvgIpc) is 3.21. The van der Waals surface area contributed by atoms with Crippen LogP contribution in [0.5, 0.6) is 5.75 Å². The molecule has 0 fully saturated rings. The molecule has 0 aliphatic rings. The van der Waals surface area contributed by atoms with Gasteiger partial charge in [0.25, 0.3) is 0 Å². The minimum atomic E-state index is -1.17. The van der Waals surface area contributed by atoms with E-state index in [1.54, 1.807) is 25.1 Å². The molecule has 0 aliphatic heterocycles. The maximum atomic E-state index is 12.8. The molecule has 0 atom stereocenters. The molecule has 1 N–H and O–H groups in total. The Morgan fingerprint density at radius 1 is 1.38 bits per heavy atom. The van der Waals surface area contributed by atoms with Gasteiger partial charge in [0.05, 0.1) is 22.9 Å². The summed E-state index contributed by atoms with van der Waals surface area (Å²) in [7, 11) is 1.53. The van der Waals surface area contributed by atoms with Gasteiger partial charge in [0.2, 0.25) is 11.5 Å². The fourth-order valence-electron chi connectivity index (χ4n) is 2.85. The molecule has 0 saturated heterocycles. The van der Waals surface area contributed by atoms with Crippen molar-refractivity contribution in [1.29, 1.82) is 0 Å². The van der Waals surface area contributed by atoms with Crippen LogP contribution in [-0.4, -0.2) is 24.0 Å². The first-order chi connectivity index (χ1) is 11.5. The van der Waals surface area contributed by atoms with Crippen molar-refractivity contribution in [3.05, 3.63) is 50.9 Å². The minimum Gasteiger partial charge on any atom is -0.496 e. The zero-order valence-corrected chi connectivity index (χ0v) is 14.3. The highest BCUT2D eigenvalue weighted by Gasteiger charge is 2.27. The third-order valence-corrected chi connectivity index (χ3v) is 4.87. The SMILES string of the molecule is CCc1cc(C(=O)c2cccs2)c2oc(C(=O)O)c(C)c2c1OC. The van der Waals surface area contributed by atoms with Gasteiger partial charge in [0.1, 0.15) is 11.3 Å². The van der Waals surface area contributed by atoms with Gasteiger partial charge in [-0.05, 0) is 36.4 Å². The van der Waals surface area contributed by atoms with Gasteiger partial charge in [-0.25, -0.2) is 4.79 Å². The molecule has 3 rings (SSSR count). The number of hydrogen-bond acceptors (Lipinski definition) is 5. The molecule has 0 radical (unpaired) electrons. The van der Waals surface area contributed by atoms with Crippen LogP contribution in [-0.2, 0) is 6.42 Å². The number of benzene rings is 1. The van der Waals surface area contributed by atoms with Crippen molar-refractivity contribution < 1.29 is 23.8 Å². The summed E-state index contributed by atoms with van der Waals surface area (Å²) in [6.07, 6.45) is 0.650. The summed E-state index contributed by atoms with van der Waals surface area (Å²) in [6.45, 7) is 3.62. The molecular formula is C18H16O5S. The first-order valence-corrected chi connectivity index (χ1v) is 8.32. The average molecular weight is 344 g/mol. The number of rotatable bonds is 5. The van der Waals surface area contributed by atoms with Gasteiger partial charge in [0.15, 0.2) is 0 Å². The number of carbonyl (C=O) groups excluding carboxylic acids is 1. The van der Waals surface area contributed by atoms with Crippen LogP contribution in [0.2, 0.25) is 0 Å². The lowest BCUT2D eigenvalue weighted by atomic mass is 9.98. The van der Waals surface area contributed by atoms with E-state index in [-0.39, 0.29) is 17.1 Å². The third-order valence-electron chi connectivity index (χ3n) is 4.00. The second kappa shape index (κ2) is 6.13. The highest BCUT2D eigenvalue weighted by Crippen LogP contribution is 2.39. The van der Waals surface area contributed by atoms with Crippen LogP contribution in [0.15, 0.2) is 28.0 Å². The van der Waals surface area contributed by atoms with Gasteiger partial charge in [-0.1, -0.05) is 13.0 Å². The first-order valence-electron chi connectivity index (χ1n) is 7.44. The fraction of sp³-hybridized carbons (Fsp3) is 0.222. The number of thiophene rings is 1. The molecule has 0 amide bonds. The maximum absolute atomic E-state index is 12.8. The second-order valence-electron chi connectivity index (χ2n) is 5.34. The fourth-order valence-corrected chi connectivity index (χ4v) is 3.53. The number of methoxy groups -OCH3 is 1. The summed E-state index contributed by atoms with van der Waals surface area (Å²) in [5, 5.41) is 11.7. The number of carboxylic acid groups (broad SMARTS) is 1. The van der Waals surface area contributed by atoms with Gasteiger partial charge < -0.3 is 14.3 Å². The summed E-state index contributed by atoms with van der Waals surface area (Å²) in [6, 6.07) is 5.27. The number of ketones is 1. The van der Waals surface area contributed by atoms with Crippen LogP contribution >= 0.6 is 11.3 Å². The maximum Gasteiger partial charge on any atom is 0.372 e. The van der Waals surface area contributed by atoms with Gasteiger partial charge in [0, 0.05) is 5.56 Å². The monoisotopic (exact) mass is 344 g/mol. The molecule has 6 heteroatoms. The minimum absolute atomic E-state index is 0.170. The molecule has 2 heterocycles. The Morgan fingerprint density at radius 2 is 2.12 bits per heavy atom. The molecule has 0 bridgehead atoms. The molecule has 0 spiro atoms. The molecule has 5 nitrogen and oxygen atoms in total. The molecule has 3 aromatic rings. The van der Waals surface area contributed by atoms with E-state index < -0.39 is 5.97 Å². The van der Waals surface area contributed by atoms with Gasteiger partial charge in [-0.15, -0.1) is 11.3 Å². The molecule has 0 saturated carbocycles. The van der Waals surface area contributed by atoms with E-state index in [1.165, 1.54) is 18.4 Å². The van der Waals surface area contributed by atoms with E-state index in [4.69, 9.17) is 9.15 Å². The zero-order valence-electron chi connectivity index (χ0n) is 13.5. The summed E-state index contributed by atoms with van der Waals surface area (Å²) >= 11 is 1.34. The van der Waals surface area contributed by atoms with Crippen molar-refractivity contribution in [3.63, 3.8) is 0 Å². The number of aryl methyl sites for hydroxylation is 2. The molecule has 24 heavy (non-hydrogen) atoms. The Kier molecular flexibility index (Phi) is 4.15. The van der Waals surface area contributed by atoms with Crippen molar-refractivity contribution in [3.8, 4) is 5.75 Å². The molecule has 1 aromatic carbocycles. The number of furan rings is 1. The van der Waals surface area contributed by atoms with E-state index in [2.05, 4.69) is 0 Å². The normalized spacial score (nSPS) is 11.0. The lowest BCUT2D eigenvalue weighted by molar-refractivity contribution is 0.0663. The van der Waals surface area contributed by atoms with Crippen LogP contribution in [0.4, 0.5) is 0 Å². The number of carboxylic acids is 1. The smallest absolute Gasteiger partial charge is 0.372 e. The summed E-state index contributed by atoms with van der Waals surface area (Å²) < 4.78 is 11.0. The Bertz CT molecular complexity index is 934. The number of carbonyl (C=O) groups is 2. The predicted molar refractivity (Wildman–Crippen MR) is 91.6 cm³/mol. The van der Waals surface area contributed by atoms with Gasteiger partial charge in [-0.3, -0.25) is 4.79 Å². The Morgan fingerprint density at radius 3 is 2.67 bits per heavy atom. The van der Waals surface area contributed by atoms with Crippen LogP contribution in [0, 0.1) is 6.92 Å². The molecule has 124 valence electrons. The van der Waals surface area contributed by atoms with Crippen molar-refractivity contribution in [2.45, 2.75) is 20.3 Å². The van der Waals surface area contributed by atoms with Crippen LogP contribution in [0.3, 0.4) is 0 Å². The molecule has 2 aromatic heterocycles. The van der Waals surface area contributed by atoms with E-state index >= 15 is 0 Å². The lowest BCUT2D eigenvalue weighted by Gasteiger charge is -2.11. The van der Waals surface area contributed by atoms with Crippen LogP contribution < -0.4 is 4.74 Å². The highest BCUT2D eigenvalue weighted by molar-refractivity contribution is 7.12. The van der Waals surface area contributed by atoms with Crippen molar-refractivity contribution in [2.24, 2.45) is 0 Å². The van der Waals surface area contributed by atoms with Crippen LogP contribution in [0.25, 0.3) is 11.0 Å². The van der Waals surface area contributed by atoms with Gasteiger partial charge in [-0.2, -0.15) is 0 Å².